The van der Waals surface area contributed by atoms with Crippen LogP contribution < -0.4 is 25.8 Å². The molecule has 2 heterocycles. The van der Waals surface area contributed by atoms with Crippen molar-refractivity contribution in [2.24, 2.45) is 0 Å². The summed E-state index contributed by atoms with van der Waals surface area (Å²) in [6.45, 7) is 1.80. The standard InChI is InChI=1S/C20H27F3N6O5/c1-24-4-5-25-19(31)29-7-6-27(8-9-33-29)16-3-2-13(10-15(16)21)28-12-14(34-20(28)32)11-26-18(30)17(22)23/h2-3,10,14,17,24H,4-9,11-12H2,1H3,(H,25,31)(H,26,30)/t14-/m0/s1. The quantitative estimate of drug-likeness (QED) is 0.457. The van der Waals surface area contributed by atoms with Crippen molar-refractivity contribution in [1.29, 1.82) is 0 Å². The second-order valence-corrected chi connectivity index (χ2v) is 7.56. The number of hydrogen-bond donors (Lipinski definition) is 3. The average molecular weight is 488 g/mol. The predicted octanol–water partition coefficient (Wildman–Crippen LogP) is 0.515. The Bertz CT molecular complexity index is 892. The Morgan fingerprint density at radius 1 is 1.18 bits per heavy atom. The zero-order chi connectivity index (χ0) is 24.7. The number of benzene rings is 1. The maximum Gasteiger partial charge on any atom is 0.414 e. The molecule has 2 fully saturated rings. The smallest absolute Gasteiger partial charge is 0.414 e. The minimum absolute atomic E-state index is 0.0314. The number of nitrogens with one attached hydrogen (secondary N) is 3. The minimum Gasteiger partial charge on any atom is -0.442 e. The Hall–Kier alpha value is -3.26. The van der Waals surface area contributed by atoms with E-state index in [-0.39, 0.29) is 43.6 Å². The van der Waals surface area contributed by atoms with E-state index in [0.29, 0.717) is 26.2 Å². The summed E-state index contributed by atoms with van der Waals surface area (Å²) in [4.78, 5) is 43.7. The van der Waals surface area contributed by atoms with Crippen LogP contribution in [0.1, 0.15) is 0 Å². The summed E-state index contributed by atoms with van der Waals surface area (Å²) in [7, 11) is 1.77. The molecule has 1 aromatic carbocycles. The van der Waals surface area contributed by atoms with E-state index in [0.717, 1.165) is 4.90 Å². The lowest BCUT2D eigenvalue weighted by Crippen LogP contribution is -2.43. The summed E-state index contributed by atoms with van der Waals surface area (Å²) >= 11 is 0. The van der Waals surface area contributed by atoms with Crippen LogP contribution in [0.15, 0.2) is 18.2 Å². The Labute approximate surface area is 194 Å². The molecule has 0 aliphatic carbocycles. The van der Waals surface area contributed by atoms with Gasteiger partial charge in [0, 0.05) is 26.2 Å². The van der Waals surface area contributed by atoms with Gasteiger partial charge in [-0.2, -0.15) is 8.78 Å². The van der Waals surface area contributed by atoms with Crippen molar-refractivity contribution in [2.45, 2.75) is 12.5 Å². The van der Waals surface area contributed by atoms with Crippen molar-refractivity contribution in [2.75, 3.05) is 69.3 Å². The van der Waals surface area contributed by atoms with E-state index in [4.69, 9.17) is 9.57 Å². The van der Waals surface area contributed by atoms with Gasteiger partial charge in [0.1, 0.15) is 11.9 Å². The van der Waals surface area contributed by atoms with Crippen LogP contribution in [0, 0.1) is 5.82 Å². The predicted molar refractivity (Wildman–Crippen MR) is 115 cm³/mol. The molecule has 2 saturated heterocycles. The number of carbonyl (C=O) groups is 3. The number of ether oxygens (including phenoxy) is 1. The van der Waals surface area contributed by atoms with Crippen LogP contribution in [0.25, 0.3) is 0 Å². The second-order valence-electron chi connectivity index (χ2n) is 7.56. The summed E-state index contributed by atoms with van der Waals surface area (Å²) in [5.74, 6) is -2.05. The minimum atomic E-state index is -3.17. The molecule has 2 aliphatic heterocycles. The summed E-state index contributed by atoms with van der Waals surface area (Å²) in [5, 5.41) is 8.82. The first-order valence-electron chi connectivity index (χ1n) is 10.7. The Kier molecular flexibility index (Phi) is 8.76. The topological polar surface area (TPSA) is 115 Å². The fourth-order valence-corrected chi connectivity index (χ4v) is 3.48. The normalized spacial score (nSPS) is 18.7. The Morgan fingerprint density at radius 3 is 2.68 bits per heavy atom. The zero-order valence-corrected chi connectivity index (χ0v) is 18.6. The summed E-state index contributed by atoms with van der Waals surface area (Å²) in [6, 6.07) is 3.84. The van der Waals surface area contributed by atoms with Gasteiger partial charge in [0.05, 0.1) is 37.6 Å². The summed E-state index contributed by atoms with van der Waals surface area (Å²) in [6.07, 6.45) is -4.78. The van der Waals surface area contributed by atoms with Crippen LogP contribution in [0.5, 0.6) is 0 Å². The highest BCUT2D eigenvalue weighted by Gasteiger charge is 2.33. The van der Waals surface area contributed by atoms with Gasteiger partial charge in [0.15, 0.2) is 0 Å². The van der Waals surface area contributed by atoms with Gasteiger partial charge in [-0.15, -0.1) is 0 Å². The summed E-state index contributed by atoms with van der Waals surface area (Å²) < 4.78 is 44.6. The number of nitrogens with zero attached hydrogens (tertiary/aromatic N) is 3. The first-order chi connectivity index (χ1) is 16.3. The van der Waals surface area contributed by atoms with Gasteiger partial charge in [-0.05, 0) is 25.2 Å². The molecule has 0 spiro atoms. The molecule has 2 aliphatic rings. The number of urea groups is 1. The third kappa shape index (κ3) is 6.41. The highest BCUT2D eigenvalue weighted by molar-refractivity contribution is 5.90. The van der Waals surface area contributed by atoms with Crippen LogP contribution in [0.3, 0.4) is 0 Å². The van der Waals surface area contributed by atoms with E-state index >= 15 is 0 Å². The maximum atomic E-state index is 14.9. The largest absolute Gasteiger partial charge is 0.442 e. The Balaban J connectivity index is 1.58. The second kappa shape index (κ2) is 11.7. The molecule has 3 N–H and O–H groups in total. The van der Waals surface area contributed by atoms with Crippen LogP contribution in [0.2, 0.25) is 0 Å². The monoisotopic (exact) mass is 488 g/mol. The maximum absolute atomic E-state index is 14.9. The molecule has 3 rings (SSSR count). The number of hydroxylamine groups is 2. The van der Waals surface area contributed by atoms with Crippen molar-refractivity contribution in [1.82, 2.24) is 21.0 Å². The number of likely N-dealkylation sites (N-methyl/N-ethyl adjacent to an activating group) is 1. The molecule has 4 amide bonds. The lowest BCUT2D eigenvalue weighted by atomic mass is 10.2. The molecule has 0 unspecified atom stereocenters. The van der Waals surface area contributed by atoms with E-state index in [1.54, 1.807) is 11.9 Å². The van der Waals surface area contributed by atoms with Crippen molar-refractivity contribution in [3.05, 3.63) is 24.0 Å². The molecule has 14 heteroatoms. The lowest BCUT2D eigenvalue weighted by Gasteiger charge is -2.24. The van der Waals surface area contributed by atoms with E-state index in [2.05, 4.69) is 10.6 Å². The van der Waals surface area contributed by atoms with E-state index < -0.39 is 30.3 Å². The lowest BCUT2D eigenvalue weighted by molar-refractivity contribution is -0.132. The highest BCUT2D eigenvalue weighted by Crippen LogP contribution is 2.28. The third-order valence-corrected chi connectivity index (χ3v) is 5.22. The molecular formula is C20H27F3N6O5. The number of amides is 4. The molecule has 188 valence electrons. The molecule has 0 bridgehead atoms. The number of rotatable bonds is 8. The van der Waals surface area contributed by atoms with Gasteiger partial charge < -0.3 is 25.6 Å². The molecular weight excluding hydrogens is 461 g/mol. The average Bonchev–Trinajstić information content (AvgIpc) is 3.01. The van der Waals surface area contributed by atoms with E-state index in [1.165, 1.54) is 23.3 Å². The molecule has 1 aromatic rings. The highest BCUT2D eigenvalue weighted by atomic mass is 19.3. The molecule has 0 aromatic heterocycles. The first-order valence-corrected chi connectivity index (χ1v) is 10.7. The SMILES string of the molecule is CNCCNC(=O)N1CCN(c2ccc(N3C[C@H](CNC(=O)C(F)F)OC3=O)cc2F)CCO1. The van der Waals surface area contributed by atoms with Crippen molar-refractivity contribution < 1.29 is 37.1 Å². The number of carbonyl (C=O) groups excluding carboxylic acids is 3. The van der Waals surface area contributed by atoms with Crippen LogP contribution >= 0.6 is 0 Å². The zero-order valence-electron chi connectivity index (χ0n) is 18.6. The summed E-state index contributed by atoms with van der Waals surface area (Å²) in [5.41, 5.74) is 0.503. The number of cyclic esters (lactones) is 1. The number of hydrogen-bond acceptors (Lipinski definition) is 7. The molecule has 34 heavy (non-hydrogen) atoms. The van der Waals surface area contributed by atoms with Gasteiger partial charge >= 0.3 is 18.5 Å². The number of halogens is 3. The molecule has 0 radical (unpaired) electrons. The van der Waals surface area contributed by atoms with Crippen molar-refractivity contribution in [3.8, 4) is 0 Å². The fourth-order valence-electron chi connectivity index (χ4n) is 3.48. The van der Waals surface area contributed by atoms with Gasteiger partial charge in [0.2, 0.25) is 0 Å². The van der Waals surface area contributed by atoms with E-state index in [1.807, 2.05) is 5.32 Å². The van der Waals surface area contributed by atoms with Crippen LogP contribution in [-0.2, 0) is 14.4 Å². The third-order valence-electron chi connectivity index (χ3n) is 5.22. The number of anilines is 2. The molecule has 0 saturated carbocycles. The molecule has 1 atom stereocenters. The fraction of sp³-hybridized carbons (Fsp3) is 0.550. The van der Waals surface area contributed by atoms with Crippen LogP contribution in [-0.4, -0.2) is 95.1 Å². The van der Waals surface area contributed by atoms with Crippen LogP contribution in [0.4, 0.5) is 34.1 Å². The van der Waals surface area contributed by atoms with Gasteiger partial charge in [-0.3, -0.25) is 14.5 Å². The van der Waals surface area contributed by atoms with Crippen molar-refractivity contribution in [3.63, 3.8) is 0 Å². The van der Waals surface area contributed by atoms with Gasteiger partial charge in [-0.1, -0.05) is 0 Å². The van der Waals surface area contributed by atoms with E-state index in [9.17, 15) is 27.6 Å². The van der Waals surface area contributed by atoms with Gasteiger partial charge in [0.25, 0.3) is 5.91 Å². The number of alkyl halides is 2. The van der Waals surface area contributed by atoms with Crippen molar-refractivity contribution >= 4 is 29.4 Å². The first kappa shape index (κ1) is 25.4. The van der Waals surface area contributed by atoms with Gasteiger partial charge in [-0.25, -0.2) is 19.0 Å². The Morgan fingerprint density at radius 2 is 1.97 bits per heavy atom. The molecule has 11 nitrogen and oxygen atoms in total.